The first-order valence-corrected chi connectivity index (χ1v) is 9.87. The van der Waals surface area contributed by atoms with Gasteiger partial charge in [-0.2, -0.15) is 0 Å². The van der Waals surface area contributed by atoms with E-state index in [0.717, 1.165) is 37.1 Å². The Kier molecular flexibility index (Phi) is 6.34. The van der Waals surface area contributed by atoms with Crippen LogP contribution in [0.2, 0.25) is 0 Å². The number of hydrogen-bond acceptors (Lipinski definition) is 4. The van der Waals surface area contributed by atoms with Crippen LogP contribution < -0.4 is 9.47 Å². The Morgan fingerprint density at radius 1 is 1.07 bits per heavy atom. The van der Waals surface area contributed by atoms with Gasteiger partial charge in [0.2, 0.25) is 0 Å². The summed E-state index contributed by atoms with van der Waals surface area (Å²) in [4.78, 5) is 15.1. The fraction of sp³-hybridized carbons (Fsp3) is 0.632. The molecule has 2 atom stereocenters. The van der Waals surface area contributed by atoms with Crippen LogP contribution in [0, 0.1) is 11.8 Å². The summed E-state index contributed by atoms with van der Waals surface area (Å²) in [6, 6.07) is 3.44. The number of carbonyl (C=O) groups is 1. The molecule has 10 heteroatoms. The van der Waals surface area contributed by atoms with E-state index in [4.69, 9.17) is 56.6 Å². The lowest BCUT2D eigenvalue weighted by Crippen LogP contribution is -2.46. The van der Waals surface area contributed by atoms with Gasteiger partial charge in [-0.1, -0.05) is 13.8 Å². The number of benzene rings is 1. The Morgan fingerprint density at radius 3 is 2.21 bits per heavy atom. The number of fused-ring (bicyclic) bond motifs is 3. The summed E-state index contributed by atoms with van der Waals surface area (Å²) in [7, 11) is 33.6. The van der Waals surface area contributed by atoms with Crippen LogP contribution in [0.15, 0.2) is 12.1 Å². The van der Waals surface area contributed by atoms with Crippen LogP contribution in [0.1, 0.15) is 43.9 Å². The second kappa shape index (κ2) is 8.17. The number of piperidine rings is 1. The minimum absolute atomic E-state index is 0.0489. The van der Waals surface area contributed by atoms with Gasteiger partial charge in [-0.3, -0.25) is 9.69 Å². The van der Waals surface area contributed by atoms with Crippen molar-refractivity contribution in [1.29, 1.82) is 0 Å². The summed E-state index contributed by atoms with van der Waals surface area (Å²) >= 11 is 0. The first kappa shape index (κ1) is 22.5. The minimum atomic E-state index is -1.94. The fourth-order valence-corrected chi connectivity index (χ4v) is 4.28. The molecule has 1 aromatic rings. The smallest absolute Gasteiger partial charge is 0.158 e. The van der Waals surface area contributed by atoms with Crippen molar-refractivity contribution in [1.82, 2.24) is 4.90 Å². The molecule has 0 aliphatic carbocycles. The first-order valence-electron chi connectivity index (χ1n) is 9.87. The quantitative estimate of drug-likeness (QED) is 0.666. The van der Waals surface area contributed by atoms with E-state index in [1.165, 1.54) is 0 Å². The van der Waals surface area contributed by atoms with Gasteiger partial charge in [-0.05, 0) is 52.6 Å². The van der Waals surface area contributed by atoms with Crippen LogP contribution in [-0.2, 0) is 11.2 Å². The Labute approximate surface area is 181 Å². The average molecular weight is 376 g/mol. The van der Waals surface area contributed by atoms with Crippen molar-refractivity contribution in [3.05, 3.63) is 23.3 Å². The maximum Gasteiger partial charge on any atom is 0.158 e. The van der Waals surface area contributed by atoms with E-state index in [1.54, 1.807) is 12.1 Å². The van der Waals surface area contributed by atoms with E-state index in [2.05, 4.69) is 18.7 Å². The van der Waals surface area contributed by atoms with Gasteiger partial charge in [0.25, 0.3) is 0 Å². The zero-order chi connectivity index (χ0) is 21.6. The van der Waals surface area contributed by atoms with Gasteiger partial charge in [0.1, 0.15) is 52.9 Å². The second-order valence-electron chi connectivity index (χ2n) is 8.67. The molecule has 4 nitrogen and oxygen atoms in total. The standard InChI is InChI=1S/C19H21B6NO3/c1-10(2)5-12-9-26-4-3-11-6-16(28-18(20,21)22)17(29-19(23,24)25)7-13(11)14(26)8-15(12)27/h6-7,10,12,14H,3-5,8-9H2,1-2H3/t12-,14-/m1/s1. The number of carbonyl (C=O) groups excluding carboxylic acids is 1. The lowest BCUT2D eigenvalue weighted by atomic mass is 9.52. The molecule has 0 saturated carbocycles. The predicted molar refractivity (Wildman–Crippen MR) is 118 cm³/mol. The molecule has 2 aliphatic rings. The molecular formula is C19H21B6NO3. The molecular weight excluding hydrogens is 355 g/mol. The van der Waals surface area contributed by atoms with Crippen LogP contribution in [0.3, 0.4) is 0 Å². The molecule has 1 saturated heterocycles. The van der Waals surface area contributed by atoms with Crippen molar-refractivity contribution in [3.63, 3.8) is 0 Å². The summed E-state index contributed by atoms with van der Waals surface area (Å²) in [5, 5.41) is -3.86. The van der Waals surface area contributed by atoms with E-state index < -0.39 is 10.6 Å². The summed E-state index contributed by atoms with van der Waals surface area (Å²) in [6.45, 7) is 5.87. The van der Waals surface area contributed by atoms with Crippen LogP contribution in [0.5, 0.6) is 11.5 Å². The van der Waals surface area contributed by atoms with E-state index in [-0.39, 0.29) is 29.2 Å². The molecule has 0 spiro atoms. The Balaban J connectivity index is 1.95. The zero-order valence-corrected chi connectivity index (χ0v) is 17.1. The van der Waals surface area contributed by atoms with E-state index in [0.29, 0.717) is 12.3 Å². The summed E-state index contributed by atoms with van der Waals surface area (Å²) in [5.41, 5.74) is 1.96. The van der Waals surface area contributed by atoms with Crippen LogP contribution >= 0.6 is 0 Å². The van der Waals surface area contributed by atoms with Crippen molar-refractivity contribution >= 4 is 52.9 Å². The number of nitrogens with zero attached hydrogens (tertiary/aromatic N) is 1. The third-order valence-corrected chi connectivity index (χ3v) is 5.31. The molecule has 1 fully saturated rings. The molecule has 2 aliphatic heterocycles. The summed E-state index contributed by atoms with van der Waals surface area (Å²) < 4.78 is 10.9. The Hall–Kier alpha value is -1.16. The molecule has 2 heterocycles. The second-order valence-corrected chi connectivity index (χ2v) is 8.67. The SMILES string of the molecule is [B]C([B])([B])Oc1cc2c(cc1OC([B])([B])[B])[C@H]1CC(=O)[C@H](CC(C)C)CN1CC2. The molecule has 12 radical (unpaired) electrons. The van der Waals surface area contributed by atoms with Gasteiger partial charge in [0, 0.05) is 31.5 Å². The van der Waals surface area contributed by atoms with Crippen molar-refractivity contribution in [2.75, 3.05) is 13.1 Å². The summed E-state index contributed by atoms with van der Waals surface area (Å²) in [5.74, 6) is 1.19. The van der Waals surface area contributed by atoms with Gasteiger partial charge >= 0.3 is 0 Å². The highest BCUT2D eigenvalue weighted by atomic mass is 16.5. The molecule has 29 heavy (non-hydrogen) atoms. The maximum atomic E-state index is 12.8. The Bertz CT molecular complexity index is 774. The van der Waals surface area contributed by atoms with E-state index in [9.17, 15) is 4.79 Å². The highest BCUT2D eigenvalue weighted by molar-refractivity contribution is 6.59. The molecule has 3 rings (SSSR count). The van der Waals surface area contributed by atoms with Crippen molar-refractivity contribution in [3.8, 4) is 11.5 Å². The summed E-state index contributed by atoms with van der Waals surface area (Å²) in [6.07, 6.45) is 2.12. The van der Waals surface area contributed by atoms with E-state index >= 15 is 0 Å². The lowest BCUT2D eigenvalue weighted by molar-refractivity contribution is -0.129. The van der Waals surface area contributed by atoms with Gasteiger partial charge in [0.05, 0.1) is 0 Å². The third kappa shape index (κ3) is 5.71. The topological polar surface area (TPSA) is 38.8 Å². The fourth-order valence-electron chi connectivity index (χ4n) is 4.28. The zero-order valence-electron chi connectivity index (χ0n) is 17.1. The normalized spacial score (nSPS) is 22.8. The molecule has 0 amide bonds. The molecule has 0 unspecified atom stereocenters. The molecule has 0 bridgehead atoms. The van der Waals surface area contributed by atoms with Crippen molar-refractivity contribution in [2.45, 2.75) is 49.7 Å². The molecule has 0 aromatic heterocycles. The Morgan fingerprint density at radius 2 is 1.66 bits per heavy atom. The van der Waals surface area contributed by atoms with Gasteiger partial charge < -0.3 is 9.47 Å². The van der Waals surface area contributed by atoms with Crippen LogP contribution in [-0.4, -0.2) is 81.4 Å². The number of Topliss-reactive ketones (excluding diaryl/α,β-unsaturated/α-hetero) is 1. The van der Waals surface area contributed by atoms with Crippen LogP contribution in [0.25, 0.3) is 0 Å². The number of hydrogen-bond donors (Lipinski definition) is 0. The maximum absolute atomic E-state index is 12.8. The third-order valence-electron chi connectivity index (χ3n) is 5.31. The van der Waals surface area contributed by atoms with Crippen LogP contribution in [0.4, 0.5) is 0 Å². The molecule has 138 valence electrons. The van der Waals surface area contributed by atoms with Gasteiger partial charge in [0.15, 0.2) is 11.5 Å². The highest BCUT2D eigenvalue weighted by Crippen LogP contribution is 2.43. The first-order chi connectivity index (χ1) is 13.3. The van der Waals surface area contributed by atoms with Crippen molar-refractivity contribution in [2.24, 2.45) is 11.8 Å². The minimum Gasteiger partial charge on any atom is -0.512 e. The van der Waals surface area contributed by atoms with Gasteiger partial charge in [-0.25, -0.2) is 0 Å². The highest BCUT2D eigenvalue weighted by Gasteiger charge is 2.39. The molecule has 1 aromatic carbocycles. The van der Waals surface area contributed by atoms with Gasteiger partial charge in [-0.15, -0.1) is 0 Å². The average Bonchev–Trinajstić information content (AvgIpc) is 2.53. The number of ketones is 1. The lowest BCUT2D eigenvalue weighted by Gasteiger charge is -2.43. The number of rotatable bonds is 6. The largest absolute Gasteiger partial charge is 0.512 e. The monoisotopic (exact) mass is 377 g/mol. The van der Waals surface area contributed by atoms with E-state index in [1.807, 2.05) is 0 Å². The molecule has 0 N–H and O–H groups in total. The predicted octanol–water partition coefficient (Wildman–Crippen LogP) is 0.212. The van der Waals surface area contributed by atoms with Crippen molar-refractivity contribution < 1.29 is 14.3 Å². The number of ether oxygens (including phenoxy) is 2.